The zero-order valence-electron chi connectivity index (χ0n) is 5.13. The van der Waals surface area contributed by atoms with E-state index in [4.69, 9.17) is 18.5 Å². The van der Waals surface area contributed by atoms with Crippen LogP contribution in [-0.4, -0.2) is 31.4 Å². The second kappa shape index (κ2) is 242. The molecule has 0 saturated carbocycles. The first-order valence-electron chi connectivity index (χ1n) is 2.07. The van der Waals surface area contributed by atoms with Gasteiger partial charge in [0.2, 0.25) is 11.9 Å². The molecular formula is C7H22O4Si2. The molecule has 0 aromatic heterocycles. The fourth-order valence-corrected chi connectivity index (χ4v) is 0. The van der Waals surface area contributed by atoms with E-state index in [9.17, 15) is 0 Å². The van der Waals surface area contributed by atoms with Crippen LogP contribution in [0.4, 0.5) is 0 Å². The molecule has 0 aliphatic carbocycles. The summed E-state index contributed by atoms with van der Waals surface area (Å²) in [4.78, 5) is 17.2. The molecule has 0 aliphatic rings. The third-order valence-corrected chi connectivity index (χ3v) is 0.0417. The fraction of sp³-hybridized carbons (Fsp3) is 0.714. The summed E-state index contributed by atoms with van der Waals surface area (Å²) in [6, 6.07) is 0. The summed E-state index contributed by atoms with van der Waals surface area (Å²) in [7, 11) is -0.111. The van der Waals surface area contributed by atoms with Gasteiger partial charge in [-0.15, -0.1) is 0 Å². The molecule has 0 saturated heterocycles. The van der Waals surface area contributed by atoms with Crippen molar-refractivity contribution in [3.05, 3.63) is 0 Å². The second-order valence-corrected chi connectivity index (χ2v) is 0.454. The standard InChI is InChI=1S/C2O2.CH6Si.4CH4.O2Si/c3-1-2-4;1-2;;;;;1-3-2/h;1-2H3;4*1H4;. The highest BCUT2D eigenvalue weighted by atomic mass is 28.2. The van der Waals surface area contributed by atoms with E-state index in [1.165, 1.54) is 10.2 Å². The summed E-state index contributed by atoms with van der Waals surface area (Å²) < 4.78 is 16.8. The van der Waals surface area contributed by atoms with Gasteiger partial charge in [-0.05, 0) is 10.2 Å². The first kappa shape index (κ1) is 56.6. The fourth-order valence-electron chi connectivity index (χ4n) is 0. The van der Waals surface area contributed by atoms with Gasteiger partial charge >= 0.3 is 9.29 Å². The van der Waals surface area contributed by atoms with Crippen LogP contribution in [-0.2, 0) is 18.5 Å². The molecule has 0 atom stereocenters. The molecular weight excluding hydrogens is 204 g/mol. The summed E-state index contributed by atoms with van der Waals surface area (Å²) in [6.07, 6.45) is 0. The quantitative estimate of drug-likeness (QED) is 0.446. The van der Waals surface area contributed by atoms with Gasteiger partial charge < -0.3 is 0 Å². The minimum atomic E-state index is -1.42. The molecule has 0 fully saturated rings. The zero-order chi connectivity index (χ0) is 8.12. The molecule has 0 bridgehead atoms. The van der Waals surface area contributed by atoms with E-state index in [2.05, 4.69) is 6.55 Å². The van der Waals surface area contributed by atoms with Gasteiger partial charge in [-0.1, -0.05) is 36.3 Å². The molecule has 0 aliphatic heterocycles. The van der Waals surface area contributed by atoms with Crippen LogP contribution in [0.1, 0.15) is 29.7 Å². The van der Waals surface area contributed by atoms with Crippen LogP contribution in [0.2, 0.25) is 6.55 Å². The largest absolute Gasteiger partial charge is 0.549 e. The van der Waals surface area contributed by atoms with Crippen LogP contribution in [0.3, 0.4) is 0 Å². The van der Waals surface area contributed by atoms with Crippen LogP contribution < -0.4 is 0 Å². The summed E-state index contributed by atoms with van der Waals surface area (Å²) >= 11 is 0. The third kappa shape index (κ3) is 25200. The molecule has 0 N–H and O–H groups in total. The number of hydrogen-bond acceptors (Lipinski definition) is 4. The third-order valence-electron chi connectivity index (χ3n) is 0.0417. The van der Waals surface area contributed by atoms with Crippen molar-refractivity contribution in [3.63, 3.8) is 0 Å². The van der Waals surface area contributed by atoms with Crippen molar-refractivity contribution in [1.82, 2.24) is 0 Å². The van der Waals surface area contributed by atoms with Gasteiger partial charge in [-0.3, -0.25) is 8.92 Å². The van der Waals surface area contributed by atoms with Crippen LogP contribution in [0.5, 0.6) is 0 Å². The Morgan fingerprint density at radius 1 is 0.846 bits per heavy atom. The number of hydrogen-bond donors (Lipinski definition) is 0. The van der Waals surface area contributed by atoms with Gasteiger partial charge in [-0.2, -0.15) is 0 Å². The van der Waals surface area contributed by atoms with E-state index in [1.807, 2.05) is 0 Å². The van der Waals surface area contributed by atoms with Crippen molar-refractivity contribution >= 4 is 31.4 Å². The Bertz CT molecular complexity index is 121. The molecule has 0 spiro atoms. The molecule has 0 radical (unpaired) electrons. The van der Waals surface area contributed by atoms with Gasteiger partial charge in [-0.25, -0.2) is 9.59 Å². The van der Waals surface area contributed by atoms with E-state index in [-0.39, 0.29) is 29.7 Å². The molecule has 0 heterocycles. The summed E-state index contributed by atoms with van der Waals surface area (Å²) in [5, 5.41) is 0. The van der Waals surface area contributed by atoms with Crippen LogP contribution in [0, 0.1) is 0 Å². The normalized spacial score (nSPS) is 2.23. The van der Waals surface area contributed by atoms with Crippen molar-refractivity contribution in [2.24, 2.45) is 0 Å². The average Bonchev–Trinajstić information content (AvgIpc) is 1.94. The van der Waals surface area contributed by atoms with E-state index in [0.29, 0.717) is 0 Å². The Morgan fingerprint density at radius 2 is 0.923 bits per heavy atom. The molecule has 0 amide bonds. The van der Waals surface area contributed by atoms with Crippen molar-refractivity contribution in [3.8, 4) is 0 Å². The SMILES string of the molecule is C.C.C.C.C[SiH3].O=C=C=O.O=[Si]=O. The lowest BCUT2D eigenvalue weighted by atomic mass is 11.2. The van der Waals surface area contributed by atoms with Gasteiger partial charge in [0.25, 0.3) is 0 Å². The molecule has 82 valence electrons. The molecule has 0 aromatic rings. The molecule has 0 unspecified atom stereocenters. The van der Waals surface area contributed by atoms with Gasteiger partial charge in [0.1, 0.15) is 0 Å². The Labute approximate surface area is 86.8 Å². The summed E-state index contributed by atoms with van der Waals surface area (Å²) in [5.74, 6) is 1.75. The Kier molecular flexibility index (Phi) is 1050. The topological polar surface area (TPSA) is 68.3 Å². The second-order valence-electron chi connectivity index (χ2n) is 0.287. The van der Waals surface area contributed by atoms with Crippen molar-refractivity contribution in [2.45, 2.75) is 36.3 Å². The average molecular weight is 226 g/mol. The lowest BCUT2D eigenvalue weighted by Crippen LogP contribution is -1.38. The number of rotatable bonds is 0. The lowest BCUT2D eigenvalue weighted by molar-refractivity contribution is 0.497. The van der Waals surface area contributed by atoms with Crippen molar-refractivity contribution < 1.29 is 18.5 Å². The molecule has 6 heteroatoms. The molecule has 13 heavy (non-hydrogen) atoms. The van der Waals surface area contributed by atoms with E-state index in [1.54, 1.807) is 0 Å². The first-order chi connectivity index (χ1) is 4.33. The summed E-state index contributed by atoms with van der Waals surface area (Å²) in [5.41, 5.74) is 0. The van der Waals surface area contributed by atoms with Gasteiger partial charge in [0, 0.05) is 0 Å². The van der Waals surface area contributed by atoms with Gasteiger partial charge in [0.05, 0.1) is 0 Å². The van der Waals surface area contributed by atoms with Crippen LogP contribution in [0.15, 0.2) is 0 Å². The molecule has 0 rings (SSSR count). The predicted octanol–water partition coefficient (Wildman–Crippen LogP) is 0.532. The predicted molar refractivity (Wildman–Crippen MR) is 61.2 cm³/mol. The maximum Gasteiger partial charge on any atom is 0.549 e. The lowest BCUT2D eigenvalue weighted by Gasteiger charge is -1.07. The highest BCUT2D eigenvalue weighted by Crippen LogP contribution is 0.961. The molecule has 4 nitrogen and oxygen atoms in total. The van der Waals surface area contributed by atoms with Crippen molar-refractivity contribution in [1.29, 1.82) is 0 Å². The smallest absolute Gasteiger partial charge is 0.274 e. The molecule has 0 aromatic carbocycles. The Balaban J connectivity index is -0.00000000749. The minimum absolute atomic E-state index is 0. The maximum atomic E-state index is 8.62. The van der Waals surface area contributed by atoms with E-state index in [0.717, 1.165) is 11.9 Å². The van der Waals surface area contributed by atoms with Crippen LogP contribution in [0.25, 0.3) is 0 Å². The Morgan fingerprint density at radius 3 is 0.923 bits per heavy atom. The van der Waals surface area contributed by atoms with Crippen LogP contribution >= 0.6 is 0 Å². The first-order valence-corrected chi connectivity index (χ1v) is 4.88. The maximum absolute atomic E-state index is 8.62. The van der Waals surface area contributed by atoms with E-state index < -0.39 is 9.29 Å². The minimum Gasteiger partial charge on any atom is -0.274 e. The van der Waals surface area contributed by atoms with Crippen molar-refractivity contribution in [2.75, 3.05) is 0 Å². The highest BCUT2D eigenvalue weighted by molar-refractivity contribution is 6.05. The highest BCUT2D eigenvalue weighted by Gasteiger charge is 1.27. The Hall–Kier alpha value is -0.806. The number of carbonyl (C=O) groups excluding carboxylic acids is 2. The zero-order valence-corrected chi connectivity index (χ0v) is 8.13. The van der Waals surface area contributed by atoms with E-state index >= 15 is 0 Å². The monoisotopic (exact) mass is 226 g/mol. The summed E-state index contributed by atoms with van der Waals surface area (Å²) in [6.45, 7) is 2.14. The van der Waals surface area contributed by atoms with Gasteiger partial charge in [0.15, 0.2) is 0 Å².